The quantitative estimate of drug-likeness (QED) is 0.314. The van der Waals surface area contributed by atoms with Gasteiger partial charge in [-0.3, -0.25) is 20.3 Å². The van der Waals surface area contributed by atoms with E-state index in [9.17, 15) is 9.90 Å². The SMILES string of the molecule is CC(C)Oc1ccccc1C1(C(=O)N2CCN(CCO)CC2)NC(c2ccc(Br)cc2)C(c2ccc(Br)cc2)N1. The molecule has 2 heterocycles. The molecule has 2 atom stereocenters. The van der Waals surface area contributed by atoms with Gasteiger partial charge >= 0.3 is 0 Å². The summed E-state index contributed by atoms with van der Waals surface area (Å²) in [5.41, 5.74) is 1.70. The Bertz CT molecular complexity index is 1240. The van der Waals surface area contributed by atoms with Crippen LogP contribution in [0.15, 0.2) is 81.7 Å². The Labute approximate surface area is 253 Å². The lowest BCUT2D eigenvalue weighted by atomic mass is 9.95. The van der Waals surface area contributed by atoms with Crippen molar-refractivity contribution in [3.63, 3.8) is 0 Å². The molecule has 2 saturated heterocycles. The minimum atomic E-state index is -1.22. The summed E-state index contributed by atoms with van der Waals surface area (Å²) in [5, 5.41) is 17.0. The molecule has 1 amide bonds. The molecular weight excluding hydrogens is 636 g/mol. The van der Waals surface area contributed by atoms with Crippen molar-refractivity contribution in [3.05, 3.63) is 98.4 Å². The topological polar surface area (TPSA) is 77.1 Å². The molecule has 5 rings (SSSR count). The van der Waals surface area contributed by atoms with Crippen LogP contribution in [0.3, 0.4) is 0 Å². The fraction of sp³-hybridized carbons (Fsp3) is 0.387. The molecule has 0 aliphatic carbocycles. The first kappa shape index (κ1) is 29.2. The summed E-state index contributed by atoms with van der Waals surface area (Å²) in [6.45, 7) is 7.34. The maximum absolute atomic E-state index is 14.7. The van der Waals surface area contributed by atoms with Crippen LogP contribution < -0.4 is 15.4 Å². The predicted octanol–water partition coefficient (Wildman–Crippen LogP) is 4.96. The van der Waals surface area contributed by atoms with Gasteiger partial charge in [-0.1, -0.05) is 74.3 Å². The second kappa shape index (κ2) is 12.7. The van der Waals surface area contributed by atoms with Crippen LogP contribution in [-0.4, -0.2) is 66.2 Å². The Kier molecular flexibility index (Phi) is 9.29. The number of aliphatic hydroxyl groups excluding tert-OH is 1. The van der Waals surface area contributed by atoms with Crippen LogP contribution in [0.25, 0.3) is 0 Å². The number of hydrogen-bond acceptors (Lipinski definition) is 6. The molecule has 212 valence electrons. The summed E-state index contributed by atoms with van der Waals surface area (Å²) in [4.78, 5) is 18.9. The summed E-state index contributed by atoms with van der Waals surface area (Å²) < 4.78 is 8.29. The van der Waals surface area contributed by atoms with Gasteiger partial charge in [0.15, 0.2) is 5.66 Å². The molecule has 0 spiro atoms. The number of halogens is 2. The van der Waals surface area contributed by atoms with Crippen LogP contribution in [0.4, 0.5) is 0 Å². The average Bonchev–Trinajstić information content (AvgIpc) is 3.36. The van der Waals surface area contributed by atoms with Crippen LogP contribution in [0.5, 0.6) is 5.75 Å². The maximum atomic E-state index is 14.7. The summed E-state index contributed by atoms with van der Waals surface area (Å²) in [5.74, 6) is 0.647. The van der Waals surface area contributed by atoms with E-state index in [1.807, 2.05) is 67.3 Å². The van der Waals surface area contributed by atoms with Gasteiger partial charge in [0.25, 0.3) is 5.91 Å². The van der Waals surface area contributed by atoms with E-state index < -0.39 is 5.66 Å². The van der Waals surface area contributed by atoms with Crippen molar-refractivity contribution in [2.45, 2.75) is 37.7 Å². The minimum Gasteiger partial charge on any atom is -0.491 e. The first-order valence-electron chi connectivity index (χ1n) is 13.8. The van der Waals surface area contributed by atoms with Gasteiger partial charge in [0.2, 0.25) is 0 Å². The molecule has 7 nitrogen and oxygen atoms in total. The molecule has 0 radical (unpaired) electrons. The van der Waals surface area contributed by atoms with E-state index in [1.165, 1.54) is 0 Å². The monoisotopic (exact) mass is 670 g/mol. The zero-order valence-electron chi connectivity index (χ0n) is 22.8. The highest BCUT2D eigenvalue weighted by atomic mass is 79.9. The first-order valence-corrected chi connectivity index (χ1v) is 15.3. The predicted molar refractivity (Wildman–Crippen MR) is 164 cm³/mol. The van der Waals surface area contributed by atoms with Gasteiger partial charge in [-0.2, -0.15) is 0 Å². The average molecular weight is 672 g/mol. The van der Waals surface area contributed by atoms with Crippen LogP contribution in [0, 0.1) is 0 Å². The molecule has 2 unspecified atom stereocenters. The van der Waals surface area contributed by atoms with Gasteiger partial charge in [0, 0.05) is 47.2 Å². The smallest absolute Gasteiger partial charge is 0.262 e. The molecule has 0 bridgehead atoms. The normalized spacial score (nSPS) is 23.5. The zero-order chi connectivity index (χ0) is 28.3. The van der Waals surface area contributed by atoms with E-state index in [2.05, 4.69) is 71.7 Å². The van der Waals surface area contributed by atoms with Crippen molar-refractivity contribution in [2.24, 2.45) is 0 Å². The third kappa shape index (κ3) is 6.15. The zero-order valence-corrected chi connectivity index (χ0v) is 26.0. The van der Waals surface area contributed by atoms with Gasteiger partial charge in [0.1, 0.15) is 5.75 Å². The molecule has 0 aromatic heterocycles. The number of rotatable bonds is 8. The number of amides is 1. The largest absolute Gasteiger partial charge is 0.491 e. The van der Waals surface area contributed by atoms with E-state index in [4.69, 9.17) is 4.74 Å². The van der Waals surface area contributed by atoms with Crippen LogP contribution in [0.2, 0.25) is 0 Å². The second-order valence-electron chi connectivity index (χ2n) is 10.6. The lowest BCUT2D eigenvalue weighted by Gasteiger charge is -2.40. The van der Waals surface area contributed by atoms with Gasteiger partial charge in [-0.05, 0) is 55.3 Å². The second-order valence-corrected chi connectivity index (χ2v) is 12.4. The molecule has 40 heavy (non-hydrogen) atoms. The van der Waals surface area contributed by atoms with Crippen molar-refractivity contribution in [1.82, 2.24) is 20.4 Å². The molecular formula is C31H36Br2N4O3. The fourth-order valence-corrected chi connectivity index (χ4v) is 6.18. The molecule has 0 saturated carbocycles. The van der Waals surface area contributed by atoms with Crippen molar-refractivity contribution >= 4 is 37.8 Å². The highest BCUT2D eigenvalue weighted by Gasteiger charge is 2.54. The number of carbonyl (C=O) groups is 1. The Morgan fingerprint density at radius 3 is 1.93 bits per heavy atom. The van der Waals surface area contributed by atoms with Crippen molar-refractivity contribution in [3.8, 4) is 5.75 Å². The third-order valence-corrected chi connectivity index (χ3v) is 8.64. The molecule has 9 heteroatoms. The summed E-state index contributed by atoms with van der Waals surface area (Å²) >= 11 is 7.13. The Morgan fingerprint density at radius 1 is 0.900 bits per heavy atom. The number of nitrogens with one attached hydrogen (secondary N) is 2. The number of piperazine rings is 1. The van der Waals surface area contributed by atoms with E-state index in [-0.39, 0.29) is 30.7 Å². The van der Waals surface area contributed by atoms with E-state index in [1.54, 1.807) is 0 Å². The lowest BCUT2D eigenvalue weighted by molar-refractivity contribution is -0.141. The highest BCUT2D eigenvalue weighted by Crippen LogP contribution is 2.44. The number of nitrogens with zero attached hydrogens (tertiary/aromatic N) is 2. The van der Waals surface area contributed by atoms with Crippen molar-refractivity contribution in [2.75, 3.05) is 39.3 Å². The number of carbonyl (C=O) groups excluding carboxylic acids is 1. The number of ether oxygens (including phenoxy) is 1. The molecule has 2 aliphatic rings. The molecule has 3 aromatic rings. The summed E-state index contributed by atoms with van der Waals surface area (Å²) in [6.07, 6.45) is -0.0544. The van der Waals surface area contributed by atoms with Crippen molar-refractivity contribution in [1.29, 1.82) is 0 Å². The molecule has 3 aromatic carbocycles. The van der Waals surface area contributed by atoms with Gasteiger partial charge in [0.05, 0.1) is 24.8 Å². The van der Waals surface area contributed by atoms with Gasteiger partial charge in [-0.15, -0.1) is 0 Å². The fourth-order valence-electron chi connectivity index (χ4n) is 5.65. The van der Waals surface area contributed by atoms with Crippen LogP contribution in [-0.2, 0) is 10.5 Å². The number of aliphatic hydroxyl groups is 1. The Morgan fingerprint density at radius 2 is 1.43 bits per heavy atom. The number of para-hydroxylation sites is 1. The van der Waals surface area contributed by atoms with Crippen molar-refractivity contribution < 1.29 is 14.6 Å². The first-order chi connectivity index (χ1) is 19.3. The third-order valence-electron chi connectivity index (χ3n) is 7.59. The lowest BCUT2D eigenvalue weighted by Crippen LogP contribution is -2.62. The van der Waals surface area contributed by atoms with Gasteiger partial charge in [-0.25, -0.2) is 0 Å². The van der Waals surface area contributed by atoms with Crippen LogP contribution >= 0.6 is 31.9 Å². The number of hydrogen-bond donors (Lipinski definition) is 3. The molecule has 2 fully saturated rings. The minimum absolute atomic E-state index is 0.0299. The molecule has 2 aliphatic heterocycles. The highest BCUT2D eigenvalue weighted by molar-refractivity contribution is 9.10. The Balaban J connectivity index is 1.61. The van der Waals surface area contributed by atoms with E-state index in [0.717, 1.165) is 38.7 Å². The number of β-amino-alcohol motifs (C(OH)–C–C–N with tert-alkyl or cyclic N) is 1. The van der Waals surface area contributed by atoms with Gasteiger partial charge < -0.3 is 14.7 Å². The van der Waals surface area contributed by atoms with Crippen LogP contribution in [0.1, 0.15) is 42.6 Å². The molecule has 3 N–H and O–H groups in total. The number of benzene rings is 3. The summed E-state index contributed by atoms with van der Waals surface area (Å²) in [7, 11) is 0. The summed E-state index contributed by atoms with van der Waals surface area (Å²) in [6, 6.07) is 24.0. The Hall–Kier alpha value is -2.27. The maximum Gasteiger partial charge on any atom is 0.262 e. The van der Waals surface area contributed by atoms with E-state index in [0.29, 0.717) is 25.4 Å². The van der Waals surface area contributed by atoms with E-state index >= 15 is 0 Å². The standard InChI is InChI=1S/C31H36Br2N4O3/c1-21(2)40-27-6-4-3-5-26(27)31(30(39)37-17-15-36(16-18-37)19-20-38)34-28(22-7-11-24(32)12-8-22)29(35-31)23-9-13-25(33)14-10-23/h3-14,21,28-29,34-35,38H,15-20H2,1-2H3.